The van der Waals surface area contributed by atoms with Crippen molar-refractivity contribution in [3.05, 3.63) is 0 Å². The Morgan fingerprint density at radius 1 is 0.682 bits per heavy atom. The normalized spacial score (nSPS) is 11.0. The van der Waals surface area contributed by atoms with E-state index in [2.05, 4.69) is 17.6 Å². The molecule has 4 heteroatoms. The van der Waals surface area contributed by atoms with Crippen LogP contribution in [0.5, 0.6) is 0 Å². The summed E-state index contributed by atoms with van der Waals surface area (Å²) in [7, 11) is 0. The average molecular weight is 315 g/mol. The summed E-state index contributed by atoms with van der Waals surface area (Å²) in [5.74, 6) is -0.791. The van der Waals surface area contributed by atoms with Gasteiger partial charge in [-0.2, -0.15) is 0 Å². The first-order valence-corrected chi connectivity index (χ1v) is 9.40. The summed E-state index contributed by atoms with van der Waals surface area (Å²) in [6, 6.07) is 0. The Hall–Kier alpha value is -0.610. The standard InChI is InChI=1S/C18H38N2O2/c1-2-3-4-5-6-7-8-9-10-11-12-13-14-19-15-16-20-17-18(21)22/h19-20H,2-17H2,1H3,(H,21,22). The molecule has 0 heterocycles. The van der Waals surface area contributed by atoms with E-state index < -0.39 is 5.97 Å². The Morgan fingerprint density at radius 3 is 1.64 bits per heavy atom. The van der Waals surface area contributed by atoms with Gasteiger partial charge in [0.2, 0.25) is 0 Å². The molecule has 0 aromatic heterocycles. The van der Waals surface area contributed by atoms with Crippen molar-refractivity contribution in [3.63, 3.8) is 0 Å². The third kappa shape index (κ3) is 19.4. The van der Waals surface area contributed by atoms with Crippen LogP contribution in [-0.2, 0) is 4.79 Å². The van der Waals surface area contributed by atoms with Gasteiger partial charge in [-0.25, -0.2) is 0 Å². The smallest absolute Gasteiger partial charge is 0.317 e. The highest BCUT2D eigenvalue weighted by Crippen LogP contribution is 2.11. The summed E-state index contributed by atoms with van der Waals surface area (Å²) >= 11 is 0. The minimum absolute atomic E-state index is 0.0558. The van der Waals surface area contributed by atoms with Crippen LogP contribution >= 0.6 is 0 Å². The molecule has 0 amide bonds. The predicted molar refractivity (Wildman–Crippen MR) is 94.5 cm³/mol. The Balaban J connectivity index is 2.95. The molecule has 0 aliphatic heterocycles. The lowest BCUT2D eigenvalue weighted by Gasteiger charge is -2.05. The van der Waals surface area contributed by atoms with E-state index in [1.165, 1.54) is 77.0 Å². The molecule has 0 spiro atoms. The molecule has 22 heavy (non-hydrogen) atoms. The highest BCUT2D eigenvalue weighted by molar-refractivity contribution is 5.68. The van der Waals surface area contributed by atoms with Crippen molar-refractivity contribution in [1.29, 1.82) is 0 Å². The second kappa shape index (κ2) is 18.4. The molecule has 0 saturated carbocycles. The van der Waals surface area contributed by atoms with Crippen molar-refractivity contribution in [2.45, 2.75) is 84.0 Å². The zero-order valence-electron chi connectivity index (χ0n) is 14.7. The van der Waals surface area contributed by atoms with E-state index in [1.54, 1.807) is 0 Å². The molecule has 0 radical (unpaired) electrons. The van der Waals surface area contributed by atoms with Gasteiger partial charge in [0.1, 0.15) is 0 Å². The minimum atomic E-state index is -0.791. The van der Waals surface area contributed by atoms with E-state index in [9.17, 15) is 4.79 Å². The van der Waals surface area contributed by atoms with Crippen LogP contribution in [0.15, 0.2) is 0 Å². The van der Waals surface area contributed by atoms with Gasteiger partial charge in [-0.1, -0.05) is 77.6 Å². The number of carboxylic acids is 1. The van der Waals surface area contributed by atoms with Crippen molar-refractivity contribution < 1.29 is 9.90 Å². The van der Waals surface area contributed by atoms with Gasteiger partial charge in [0.05, 0.1) is 6.54 Å². The third-order valence-corrected chi connectivity index (χ3v) is 3.96. The topological polar surface area (TPSA) is 61.4 Å². The predicted octanol–water partition coefficient (Wildman–Crippen LogP) is 3.95. The fourth-order valence-electron chi connectivity index (χ4n) is 2.59. The Bertz CT molecular complexity index is 235. The van der Waals surface area contributed by atoms with Crippen molar-refractivity contribution >= 4 is 5.97 Å². The quantitative estimate of drug-likeness (QED) is 0.335. The number of carboxylic acid groups (broad SMARTS) is 1. The van der Waals surface area contributed by atoms with Crippen LogP contribution in [0.3, 0.4) is 0 Å². The Labute approximate surface area is 137 Å². The summed E-state index contributed by atoms with van der Waals surface area (Å²) in [5, 5.41) is 14.7. The first kappa shape index (κ1) is 21.4. The zero-order chi connectivity index (χ0) is 16.3. The van der Waals surface area contributed by atoms with Crippen LogP contribution in [0.4, 0.5) is 0 Å². The fraction of sp³-hybridized carbons (Fsp3) is 0.944. The summed E-state index contributed by atoms with van der Waals surface area (Å²) in [4.78, 5) is 10.3. The van der Waals surface area contributed by atoms with Gasteiger partial charge < -0.3 is 15.7 Å². The fourth-order valence-corrected chi connectivity index (χ4v) is 2.59. The van der Waals surface area contributed by atoms with E-state index in [0.717, 1.165) is 19.6 Å². The number of nitrogens with one attached hydrogen (secondary N) is 2. The second-order valence-corrected chi connectivity index (χ2v) is 6.21. The monoisotopic (exact) mass is 314 g/mol. The van der Waals surface area contributed by atoms with Crippen LogP contribution in [0.1, 0.15) is 84.0 Å². The largest absolute Gasteiger partial charge is 0.480 e. The second-order valence-electron chi connectivity index (χ2n) is 6.21. The van der Waals surface area contributed by atoms with E-state index in [1.807, 2.05) is 0 Å². The van der Waals surface area contributed by atoms with Crippen LogP contribution in [0.25, 0.3) is 0 Å². The molecule has 4 nitrogen and oxygen atoms in total. The molecular weight excluding hydrogens is 276 g/mol. The molecule has 132 valence electrons. The van der Waals surface area contributed by atoms with Crippen LogP contribution < -0.4 is 10.6 Å². The number of unbranched alkanes of at least 4 members (excludes halogenated alkanes) is 11. The van der Waals surface area contributed by atoms with Gasteiger partial charge in [0.25, 0.3) is 0 Å². The van der Waals surface area contributed by atoms with Crippen molar-refractivity contribution in [1.82, 2.24) is 10.6 Å². The lowest BCUT2D eigenvalue weighted by molar-refractivity contribution is -0.135. The van der Waals surface area contributed by atoms with Crippen LogP contribution in [0, 0.1) is 0 Å². The Kier molecular flexibility index (Phi) is 17.9. The summed E-state index contributed by atoms with van der Waals surface area (Å²) in [6.45, 7) is 4.95. The Morgan fingerprint density at radius 2 is 1.14 bits per heavy atom. The number of hydrogen-bond donors (Lipinski definition) is 3. The van der Waals surface area contributed by atoms with Gasteiger partial charge in [-0.3, -0.25) is 4.79 Å². The number of carbonyl (C=O) groups is 1. The zero-order valence-corrected chi connectivity index (χ0v) is 14.7. The van der Waals surface area contributed by atoms with Crippen LogP contribution in [-0.4, -0.2) is 37.3 Å². The van der Waals surface area contributed by atoms with Crippen LogP contribution in [0.2, 0.25) is 0 Å². The van der Waals surface area contributed by atoms with E-state index >= 15 is 0 Å². The van der Waals surface area contributed by atoms with Crippen molar-refractivity contribution in [2.24, 2.45) is 0 Å². The lowest BCUT2D eigenvalue weighted by atomic mass is 10.1. The maximum atomic E-state index is 10.3. The maximum Gasteiger partial charge on any atom is 0.317 e. The molecule has 0 aliphatic carbocycles. The van der Waals surface area contributed by atoms with E-state index in [4.69, 9.17) is 5.11 Å². The maximum absolute atomic E-state index is 10.3. The van der Waals surface area contributed by atoms with E-state index in [-0.39, 0.29) is 6.54 Å². The molecule has 0 aliphatic rings. The summed E-state index contributed by atoms with van der Waals surface area (Å²) < 4.78 is 0. The molecule has 0 aromatic rings. The first-order valence-electron chi connectivity index (χ1n) is 9.40. The SMILES string of the molecule is CCCCCCCCCCCCCCNCCNCC(=O)O. The van der Waals surface area contributed by atoms with Gasteiger partial charge in [0.15, 0.2) is 0 Å². The van der Waals surface area contributed by atoms with Gasteiger partial charge in [-0.05, 0) is 13.0 Å². The molecule has 0 unspecified atom stereocenters. The first-order chi connectivity index (χ1) is 10.8. The third-order valence-electron chi connectivity index (χ3n) is 3.96. The molecule has 0 bridgehead atoms. The number of rotatable bonds is 18. The highest BCUT2D eigenvalue weighted by atomic mass is 16.4. The highest BCUT2D eigenvalue weighted by Gasteiger charge is 1.95. The van der Waals surface area contributed by atoms with Gasteiger partial charge in [-0.15, -0.1) is 0 Å². The van der Waals surface area contributed by atoms with Crippen molar-refractivity contribution in [3.8, 4) is 0 Å². The molecule has 0 saturated heterocycles. The molecule has 0 fully saturated rings. The molecule has 0 aromatic carbocycles. The van der Waals surface area contributed by atoms with Crippen molar-refractivity contribution in [2.75, 3.05) is 26.2 Å². The number of aliphatic carboxylic acids is 1. The van der Waals surface area contributed by atoms with Gasteiger partial charge in [0, 0.05) is 13.1 Å². The van der Waals surface area contributed by atoms with Gasteiger partial charge >= 0.3 is 5.97 Å². The molecule has 0 atom stereocenters. The van der Waals surface area contributed by atoms with E-state index in [0.29, 0.717) is 0 Å². The molecule has 0 rings (SSSR count). The molecule has 3 N–H and O–H groups in total. The minimum Gasteiger partial charge on any atom is -0.480 e. The summed E-state index contributed by atoms with van der Waals surface area (Å²) in [6.07, 6.45) is 16.6. The lowest BCUT2D eigenvalue weighted by Crippen LogP contribution is -2.31. The average Bonchev–Trinajstić information content (AvgIpc) is 2.50. The summed E-state index contributed by atoms with van der Waals surface area (Å²) in [5.41, 5.74) is 0. The number of hydrogen-bond acceptors (Lipinski definition) is 3. The molecular formula is C18H38N2O2.